The third-order valence-electron chi connectivity index (χ3n) is 3.50. The molecule has 0 aromatic heterocycles. The maximum absolute atomic E-state index is 12.9. The third-order valence-corrected chi connectivity index (χ3v) is 3.50. The van der Waals surface area contributed by atoms with Crippen molar-refractivity contribution in [3.63, 3.8) is 0 Å². The monoisotopic (exact) mass is 251 g/mol. The SMILES string of the molecule is CCCN1CCC(Nc2ccc(F)cc2N)CC1. The van der Waals surface area contributed by atoms with E-state index in [1.807, 2.05) is 0 Å². The molecule has 1 heterocycles. The molecule has 4 heteroatoms. The van der Waals surface area contributed by atoms with Gasteiger partial charge in [-0.1, -0.05) is 6.92 Å². The first-order chi connectivity index (χ1) is 8.69. The number of nitrogens with one attached hydrogen (secondary N) is 1. The molecule has 2 rings (SSSR count). The molecule has 0 atom stereocenters. The lowest BCUT2D eigenvalue weighted by atomic mass is 10.0. The highest BCUT2D eigenvalue weighted by Gasteiger charge is 2.18. The number of likely N-dealkylation sites (tertiary alicyclic amines) is 1. The van der Waals surface area contributed by atoms with E-state index in [9.17, 15) is 4.39 Å². The van der Waals surface area contributed by atoms with E-state index in [0.717, 1.165) is 31.6 Å². The zero-order valence-electron chi connectivity index (χ0n) is 11.0. The van der Waals surface area contributed by atoms with Gasteiger partial charge in [-0.3, -0.25) is 0 Å². The van der Waals surface area contributed by atoms with Crippen LogP contribution in [0.4, 0.5) is 15.8 Å². The highest BCUT2D eigenvalue weighted by Crippen LogP contribution is 2.23. The van der Waals surface area contributed by atoms with Gasteiger partial charge in [0.25, 0.3) is 0 Å². The molecule has 0 bridgehead atoms. The lowest BCUT2D eigenvalue weighted by molar-refractivity contribution is 0.219. The number of benzene rings is 1. The molecule has 3 N–H and O–H groups in total. The predicted molar refractivity (Wildman–Crippen MR) is 74.2 cm³/mol. The van der Waals surface area contributed by atoms with Gasteiger partial charge in [0.05, 0.1) is 11.4 Å². The Balaban J connectivity index is 1.87. The first-order valence-corrected chi connectivity index (χ1v) is 6.73. The normalized spacial score (nSPS) is 17.9. The van der Waals surface area contributed by atoms with Gasteiger partial charge in [0, 0.05) is 19.1 Å². The molecule has 1 saturated heterocycles. The van der Waals surface area contributed by atoms with Crippen molar-refractivity contribution in [2.45, 2.75) is 32.2 Å². The zero-order chi connectivity index (χ0) is 13.0. The van der Waals surface area contributed by atoms with Crippen LogP contribution in [0, 0.1) is 5.82 Å². The summed E-state index contributed by atoms with van der Waals surface area (Å²) in [4.78, 5) is 2.49. The number of hydrogen-bond acceptors (Lipinski definition) is 3. The van der Waals surface area contributed by atoms with Gasteiger partial charge in [-0.15, -0.1) is 0 Å². The maximum Gasteiger partial charge on any atom is 0.125 e. The van der Waals surface area contributed by atoms with Crippen LogP contribution in [0.1, 0.15) is 26.2 Å². The Labute approximate surface area is 108 Å². The van der Waals surface area contributed by atoms with Crippen LogP contribution in [0.15, 0.2) is 18.2 Å². The molecule has 0 spiro atoms. The van der Waals surface area contributed by atoms with Gasteiger partial charge in [-0.25, -0.2) is 4.39 Å². The summed E-state index contributed by atoms with van der Waals surface area (Å²) in [6, 6.07) is 4.99. The van der Waals surface area contributed by atoms with Crippen LogP contribution in [0.5, 0.6) is 0 Å². The first-order valence-electron chi connectivity index (χ1n) is 6.73. The van der Waals surface area contributed by atoms with Crippen LogP contribution >= 0.6 is 0 Å². The summed E-state index contributed by atoms with van der Waals surface area (Å²) in [5.74, 6) is -0.282. The smallest absolute Gasteiger partial charge is 0.125 e. The van der Waals surface area contributed by atoms with Gasteiger partial charge >= 0.3 is 0 Å². The van der Waals surface area contributed by atoms with E-state index in [4.69, 9.17) is 5.73 Å². The maximum atomic E-state index is 12.9. The summed E-state index contributed by atoms with van der Waals surface area (Å²) in [7, 11) is 0. The van der Waals surface area contributed by atoms with Crippen molar-refractivity contribution in [2.75, 3.05) is 30.7 Å². The number of nitrogens with zero attached hydrogens (tertiary/aromatic N) is 1. The van der Waals surface area contributed by atoms with Crippen LogP contribution in [-0.4, -0.2) is 30.6 Å². The largest absolute Gasteiger partial charge is 0.397 e. The Bertz CT molecular complexity index is 387. The Morgan fingerprint density at radius 1 is 1.39 bits per heavy atom. The van der Waals surface area contributed by atoms with E-state index < -0.39 is 0 Å². The predicted octanol–water partition coefficient (Wildman–Crippen LogP) is 2.69. The molecule has 18 heavy (non-hydrogen) atoms. The lowest BCUT2D eigenvalue weighted by Gasteiger charge is -2.32. The van der Waals surface area contributed by atoms with Gasteiger partial charge < -0.3 is 16.0 Å². The minimum atomic E-state index is -0.282. The molecule has 0 radical (unpaired) electrons. The number of nitrogens with two attached hydrogens (primary N) is 1. The number of rotatable bonds is 4. The highest BCUT2D eigenvalue weighted by atomic mass is 19.1. The van der Waals surface area contributed by atoms with Crippen molar-refractivity contribution in [1.82, 2.24) is 4.90 Å². The molecule has 1 aliphatic heterocycles. The average molecular weight is 251 g/mol. The van der Waals surface area contributed by atoms with Crippen LogP contribution in [0.25, 0.3) is 0 Å². The van der Waals surface area contributed by atoms with Gasteiger partial charge in [-0.05, 0) is 44.0 Å². The fourth-order valence-electron chi connectivity index (χ4n) is 2.50. The Morgan fingerprint density at radius 2 is 2.11 bits per heavy atom. The molecule has 100 valence electrons. The first kappa shape index (κ1) is 13.1. The van der Waals surface area contributed by atoms with Crippen molar-refractivity contribution in [2.24, 2.45) is 0 Å². The fourth-order valence-corrected chi connectivity index (χ4v) is 2.50. The summed E-state index contributed by atoms with van der Waals surface area (Å²) in [6.07, 6.45) is 3.45. The van der Waals surface area contributed by atoms with Crippen LogP contribution in [0.3, 0.4) is 0 Å². The summed E-state index contributed by atoms with van der Waals surface area (Å²) >= 11 is 0. The van der Waals surface area contributed by atoms with Crippen molar-refractivity contribution >= 4 is 11.4 Å². The molecule has 1 fully saturated rings. The number of hydrogen-bond donors (Lipinski definition) is 2. The summed E-state index contributed by atoms with van der Waals surface area (Å²) in [5, 5.41) is 3.42. The van der Waals surface area contributed by atoms with Crippen molar-refractivity contribution < 1.29 is 4.39 Å². The summed E-state index contributed by atoms with van der Waals surface area (Å²) < 4.78 is 12.9. The number of nitrogen functional groups attached to an aromatic ring is 1. The standard InChI is InChI=1S/C14H22FN3/c1-2-7-18-8-5-12(6-9-18)17-14-4-3-11(15)10-13(14)16/h3-4,10,12,17H,2,5-9,16H2,1H3. The number of anilines is 2. The van der Waals surface area contributed by atoms with E-state index in [1.54, 1.807) is 6.07 Å². The molecule has 0 amide bonds. The van der Waals surface area contributed by atoms with Crippen LogP contribution < -0.4 is 11.1 Å². The van der Waals surface area contributed by atoms with E-state index in [1.165, 1.54) is 25.1 Å². The molecular weight excluding hydrogens is 229 g/mol. The molecule has 1 aliphatic rings. The molecule has 3 nitrogen and oxygen atoms in total. The number of piperidine rings is 1. The van der Waals surface area contributed by atoms with Crippen molar-refractivity contribution in [1.29, 1.82) is 0 Å². The Morgan fingerprint density at radius 3 is 2.72 bits per heavy atom. The van der Waals surface area contributed by atoms with E-state index in [-0.39, 0.29) is 5.82 Å². The van der Waals surface area contributed by atoms with Crippen LogP contribution in [-0.2, 0) is 0 Å². The van der Waals surface area contributed by atoms with Crippen molar-refractivity contribution in [3.8, 4) is 0 Å². The third kappa shape index (κ3) is 3.35. The molecule has 0 aliphatic carbocycles. The zero-order valence-corrected chi connectivity index (χ0v) is 11.0. The Hall–Kier alpha value is -1.29. The minimum absolute atomic E-state index is 0.282. The van der Waals surface area contributed by atoms with E-state index in [2.05, 4.69) is 17.1 Å². The van der Waals surface area contributed by atoms with Crippen molar-refractivity contribution in [3.05, 3.63) is 24.0 Å². The quantitative estimate of drug-likeness (QED) is 0.808. The van der Waals surface area contributed by atoms with Gasteiger partial charge in [-0.2, -0.15) is 0 Å². The molecule has 0 saturated carbocycles. The second-order valence-electron chi connectivity index (χ2n) is 4.99. The molecular formula is C14H22FN3. The minimum Gasteiger partial charge on any atom is -0.397 e. The van der Waals surface area contributed by atoms with E-state index >= 15 is 0 Å². The molecule has 1 aromatic rings. The lowest BCUT2D eigenvalue weighted by Crippen LogP contribution is -2.39. The highest BCUT2D eigenvalue weighted by molar-refractivity contribution is 5.66. The molecule has 1 aromatic carbocycles. The second kappa shape index (κ2) is 6.05. The Kier molecular flexibility index (Phi) is 4.42. The average Bonchev–Trinajstić information content (AvgIpc) is 2.35. The number of halogens is 1. The second-order valence-corrected chi connectivity index (χ2v) is 4.99. The van der Waals surface area contributed by atoms with Gasteiger partial charge in [0.1, 0.15) is 5.82 Å². The van der Waals surface area contributed by atoms with Gasteiger partial charge in [0.15, 0.2) is 0 Å². The fraction of sp³-hybridized carbons (Fsp3) is 0.571. The van der Waals surface area contributed by atoms with Crippen LogP contribution in [0.2, 0.25) is 0 Å². The topological polar surface area (TPSA) is 41.3 Å². The van der Waals surface area contributed by atoms with E-state index in [0.29, 0.717) is 11.7 Å². The molecule has 0 unspecified atom stereocenters. The van der Waals surface area contributed by atoms with Gasteiger partial charge in [0.2, 0.25) is 0 Å². The summed E-state index contributed by atoms with van der Waals surface area (Å²) in [6.45, 7) is 5.66. The summed E-state index contributed by atoms with van der Waals surface area (Å²) in [5.41, 5.74) is 7.14.